The zero-order valence-corrected chi connectivity index (χ0v) is 6.95. The first-order valence-corrected chi connectivity index (χ1v) is 5.34. The van der Waals surface area contributed by atoms with Gasteiger partial charge >= 0.3 is 0 Å². The van der Waals surface area contributed by atoms with Crippen molar-refractivity contribution in [3.63, 3.8) is 0 Å². The quantitative estimate of drug-likeness (QED) is 0.581. The monoisotopic (exact) mass is 163 g/mol. The first-order valence-electron chi connectivity index (χ1n) is 3.52. The Morgan fingerprint density at radius 1 is 1.50 bits per heavy atom. The fourth-order valence-electron chi connectivity index (χ4n) is 1.25. The molecule has 0 amide bonds. The van der Waals surface area contributed by atoms with Crippen LogP contribution in [0.4, 0.5) is 0 Å². The van der Waals surface area contributed by atoms with Crippen molar-refractivity contribution in [2.45, 2.75) is 18.9 Å². The summed E-state index contributed by atoms with van der Waals surface area (Å²) in [6.45, 7) is 0. The lowest BCUT2D eigenvalue weighted by molar-refractivity contribution is 0.511. The summed E-state index contributed by atoms with van der Waals surface area (Å²) in [5.41, 5.74) is 0. The van der Waals surface area contributed by atoms with Crippen LogP contribution in [0.3, 0.4) is 0 Å². The normalized spacial score (nSPS) is 31.9. The smallest absolute Gasteiger partial charge is 0.151 e. The lowest BCUT2D eigenvalue weighted by Gasteiger charge is -2.20. The first kappa shape index (κ1) is 8.01. The highest BCUT2D eigenvalue weighted by atomic mass is 32.2. The van der Waals surface area contributed by atoms with Crippen LogP contribution in [0, 0.1) is 0 Å². The van der Waals surface area contributed by atoms with Crippen molar-refractivity contribution in [1.29, 1.82) is 0 Å². The lowest BCUT2D eigenvalue weighted by Crippen LogP contribution is -2.37. The maximum absolute atomic E-state index is 11.0. The standard InChI is InChI=1S/C6H13NO2S/c1-7-6-3-2-4-10(8,9)5-6/h6-7H,2-5H2,1H3. The average Bonchev–Trinajstić information content (AvgIpc) is 1.86. The van der Waals surface area contributed by atoms with Gasteiger partial charge in [-0.1, -0.05) is 0 Å². The van der Waals surface area contributed by atoms with Crippen LogP contribution < -0.4 is 5.32 Å². The highest BCUT2D eigenvalue weighted by Gasteiger charge is 2.22. The minimum atomic E-state index is -2.71. The third-order valence-electron chi connectivity index (χ3n) is 1.87. The van der Waals surface area contributed by atoms with E-state index in [1.54, 1.807) is 0 Å². The summed E-state index contributed by atoms with van der Waals surface area (Å²) in [7, 11) is -0.896. The predicted octanol–water partition coefficient (Wildman–Crippen LogP) is -0.217. The zero-order valence-electron chi connectivity index (χ0n) is 6.13. The van der Waals surface area contributed by atoms with E-state index in [-0.39, 0.29) is 6.04 Å². The largest absolute Gasteiger partial charge is 0.316 e. The second kappa shape index (κ2) is 2.88. The molecule has 4 heteroatoms. The Morgan fingerprint density at radius 2 is 2.20 bits per heavy atom. The Morgan fingerprint density at radius 3 is 2.60 bits per heavy atom. The van der Waals surface area contributed by atoms with E-state index < -0.39 is 9.84 Å². The molecule has 0 radical (unpaired) electrons. The molecule has 1 heterocycles. The summed E-state index contributed by atoms with van der Waals surface area (Å²) in [6, 6.07) is 0.193. The minimum absolute atomic E-state index is 0.193. The van der Waals surface area contributed by atoms with Crippen molar-refractivity contribution < 1.29 is 8.42 Å². The van der Waals surface area contributed by atoms with Gasteiger partial charge in [-0.3, -0.25) is 0 Å². The van der Waals surface area contributed by atoms with Crippen LogP contribution in [-0.2, 0) is 9.84 Å². The van der Waals surface area contributed by atoms with Crippen LogP contribution in [0.2, 0.25) is 0 Å². The molecule has 1 unspecified atom stereocenters. The summed E-state index contributed by atoms with van der Waals surface area (Å²) in [5.74, 6) is 0.703. The Hall–Kier alpha value is -0.0900. The molecule has 0 saturated carbocycles. The molecule has 0 aromatic rings. The van der Waals surface area contributed by atoms with E-state index in [4.69, 9.17) is 0 Å². The third kappa shape index (κ3) is 1.95. The molecule has 1 atom stereocenters. The molecule has 1 fully saturated rings. The van der Waals surface area contributed by atoms with Crippen LogP contribution in [0.1, 0.15) is 12.8 Å². The molecule has 1 aliphatic rings. The minimum Gasteiger partial charge on any atom is -0.316 e. The van der Waals surface area contributed by atoms with Gasteiger partial charge in [0.15, 0.2) is 9.84 Å². The Bertz CT molecular complexity index is 198. The summed E-state index contributed by atoms with van der Waals surface area (Å²) in [5, 5.41) is 2.98. The molecule has 0 bridgehead atoms. The third-order valence-corrected chi connectivity index (χ3v) is 3.69. The molecule has 0 aromatic carbocycles. The van der Waals surface area contributed by atoms with Crippen LogP contribution in [0.25, 0.3) is 0 Å². The molecule has 1 saturated heterocycles. The van der Waals surface area contributed by atoms with Crippen LogP contribution in [0.5, 0.6) is 0 Å². The summed E-state index contributed by atoms with van der Waals surface area (Å²) in [4.78, 5) is 0. The molecule has 1 aliphatic heterocycles. The summed E-state index contributed by atoms with van der Waals surface area (Å²) in [6.07, 6.45) is 1.81. The zero-order chi connectivity index (χ0) is 7.61. The van der Waals surface area contributed by atoms with E-state index in [1.807, 2.05) is 7.05 Å². The number of nitrogens with one attached hydrogen (secondary N) is 1. The molecule has 1 N–H and O–H groups in total. The Labute approximate surface area is 61.7 Å². The van der Waals surface area contributed by atoms with E-state index in [0.717, 1.165) is 12.8 Å². The van der Waals surface area contributed by atoms with E-state index in [1.165, 1.54) is 0 Å². The van der Waals surface area contributed by atoms with E-state index in [0.29, 0.717) is 11.5 Å². The van der Waals surface area contributed by atoms with Gasteiger partial charge in [0, 0.05) is 6.04 Å². The van der Waals surface area contributed by atoms with Crippen LogP contribution >= 0.6 is 0 Å². The van der Waals surface area contributed by atoms with Crippen molar-refractivity contribution in [3.05, 3.63) is 0 Å². The van der Waals surface area contributed by atoms with Gasteiger partial charge in [-0.25, -0.2) is 8.42 Å². The van der Waals surface area contributed by atoms with Crippen molar-refractivity contribution in [3.8, 4) is 0 Å². The van der Waals surface area contributed by atoms with Crippen LogP contribution in [0.15, 0.2) is 0 Å². The number of sulfone groups is 1. The van der Waals surface area contributed by atoms with Gasteiger partial charge in [0.2, 0.25) is 0 Å². The molecular weight excluding hydrogens is 150 g/mol. The van der Waals surface area contributed by atoms with E-state index in [2.05, 4.69) is 5.32 Å². The predicted molar refractivity (Wildman–Crippen MR) is 40.7 cm³/mol. The van der Waals surface area contributed by atoms with Gasteiger partial charge in [0.1, 0.15) is 0 Å². The van der Waals surface area contributed by atoms with Gasteiger partial charge in [-0.05, 0) is 19.9 Å². The number of rotatable bonds is 1. The Kier molecular flexibility index (Phi) is 2.31. The van der Waals surface area contributed by atoms with Crippen molar-refractivity contribution in [1.82, 2.24) is 5.32 Å². The maximum Gasteiger partial charge on any atom is 0.151 e. The maximum atomic E-state index is 11.0. The molecule has 0 spiro atoms. The SMILES string of the molecule is CNC1CCCS(=O)(=O)C1. The van der Waals surface area contributed by atoms with Gasteiger partial charge in [0.05, 0.1) is 11.5 Å². The van der Waals surface area contributed by atoms with Gasteiger partial charge in [-0.15, -0.1) is 0 Å². The molecule has 0 aliphatic carbocycles. The Balaban J connectivity index is 2.56. The molecule has 3 nitrogen and oxygen atoms in total. The molecule has 0 aromatic heterocycles. The second-order valence-electron chi connectivity index (χ2n) is 2.74. The van der Waals surface area contributed by atoms with Crippen molar-refractivity contribution >= 4 is 9.84 Å². The second-order valence-corrected chi connectivity index (χ2v) is 4.97. The highest BCUT2D eigenvalue weighted by molar-refractivity contribution is 7.91. The van der Waals surface area contributed by atoms with Gasteiger partial charge in [0.25, 0.3) is 0 Å². The fourth-order valence-corrected chi connectivity index (χ4v) is 2.97. The molecule has 1 rings (SSSR count). The molecule has 60 valence electrons. The topological polar surface area (TPSA) is 46.2 Å². The molecule has 10 heavy (non-hydrogen) atoms. The van der Waals surface area contributed by atoms with Crippen LogP contribution in [-0.4, -0.2) is 33.0 Å². The molecular formula is C6H13NO2S. The number of hydrogen-bond donors (Lipinski definition) is 1. The van der Waals surface area contributed by atoms with E-state index >= 15 is 0 Å². The van der Waals surface area contributed by atoms with Crippen molar-refractivity contribution in [2.24, 2.45) is 0 Å². The highest BCUT2D eigenvalue weighted by Crippen LogP contribution is 2.10. The van der Waals surface area contributed by atoms with Gasteiger partial charge < -0.3 is 5.32 Å². The number of hydrogen-bond acceptors (Lipinski definition) is 3. The first-order chi connectivity index (χ1) is 4.64. The fraction of sp³-hybridized carbons (Fsp3) is 1.00. The summed E-state index contributed by atoms with van der Waals surface area (Å²) >= 11 is 0. The van der Waals surface area contributed by atoms with E-state index in [9.17, 15) is 8.42 Å². The lowest BCUT2D eigenvalue weighted by atomic mass is 10.2. The van der Waals surface area contributed by atoms with Gasteiger partial charge in [-0.2, -0.15) is 0 Å². The average molecular weight is 163 g/mol. The summed E-state index contributed by atoms with van der Waals surface area (Å²) < 4.78 is 22.0. The van der Waals surface area contributed by atoms with Crippen molar-refractivity contribution in [2.75, 3.05) is 18.6 Å².